The third-order valence-electron chi connectivity index (χ3n) is 6.19. The lowest BCUT2D eigenvalue weighted by Gasteiger charge is -2.36. The van der Waals surface area contributed by atoms with Crippen LogP contribution in [-0.4, -0.2) is 58.8 Å². The molecule has 158 valence electrons. The van der Waals surface area contributed by atoms with E-state index >= 15 is 0 Å². The molecule has 0 amide bonds. The number of piperidine rings is 1. The normalized spacial score (nSPS) is 22.9. The van der Waals surface area contributed by atoms with Crippen LogP contribution in [0.2, 0.25) is 0 Å². The van der Waals surface area contributed by atoms with E-state index in [-0.39, 0.29) is 0 Å². The molecule has 1 aromatic heterocycles. The summed E-state index contributed by atoms with van der Waals surface area (Å²) in [5, 5.41) is 3.93. The SMILES string of the molecule is Cc1noc(CN2CCCCN3CCCCC3CCc3cccc(c3)OCC2)n1. The largest absolute Gasteiger partial charge is 0.492 e. The van der Waals surface area contributed by atoms with E-state index in [1.165, 1.54) is 57.2 Å². The summed E-state index contributed by atoms with van der Waals surface area (Å²) in [6, 6.07) is 9.39. The lowest BCUT2D eigenvalue weighted by molar-refractivity contribution is 0.133. The van der Waals surface area contributed by atoms with Gasteiger partial charge in [-0.3, -0.25) is 4.90 Å². The van der Waals surface area contributed by atoms with Gasteiger partial charge in [0.05, 0.1) is 6.54 Å². The first-order chi connectivity index (χ1) is 14.3. The number of hydrogen-bond donors (Lipinski definition) is 0. The molecular weight excluding hydrogens is 364 g/mol. The van der Waals surface area contributed by atoms with Crippen molar-refractivity contribution in [3.63, 3.8) is 0 Å². The van der Waals surface area contributed by atoms with E-state index in [1.54, 1.807) is 0 Å². The van der Waals surface area contributed by atoms with Gasteiger partial charge in [0.2, 0.25) is 5.89 Å². The molecule has 1 fully saturated rings. The van der Waals surface area contributed by atoms with Crippen molar-refractivity contribution in [3.8, 4) is 5.75 Å². The van der Waals surface area contributed by atoms with Crippen molar-refractivity contribution in [2.45, 2.75) is 64.5 Å². The van der Waals surface area contributed by atoms with Crippen LogP contribution >= 0.6 is 0 Å². The molecule has 0 saturated carbocycles. The molecule has 4 rings (SSSR count). The molecule has 6 nitrogen and oxygen atoms in total. The van der Waals surface area contributed by atoms with E-state index in [0.29, 0.717) is 24.9 Å². The smallest absolute Gasteiger partial charge is 0.240 e. The van der Waals surface area contributed by atoms with E-state index in [4.69, 9.17) is 9.26 Å². The maximum Gasteiger partial charge on any atom is 0.240 e. The number of aromatic nitrogens is 2. The highest BCUT2D eigenvalue weighted by Crippen LogP contribution is 2.23. The predicted octanol–water partition coefficient (Wildman–Crippen LogP) is 3.84. The first-order valence-electron chi connectivity index (χ1n) is 11.2. The second-order valence-corrected chi connectivity index (χ2v) is 8.44. The van der Waals surface area contributed by atoms with Crippen LogP contribution in [0.1, 0.15) is 55.8 Å². The number of fused-ring (bicyclic) bond motifs is 3. The summed E-state index contributed by atoms with van der Waals surface area (Å²) < 4.78 is 11.4. The third-order valence-corrected chi connectivity index (χ3v) is 6.19. The third kappa shape index (κ3) is 6.03. The second kappa shape index (κ2) is 10.2. The first-order valence-corrected chi connectivity index (χ1v) is 11.2. The summed E-state index contributed by atoms with van der Waals surface area (Å²) in [5.74, 6) is 2.37. The highest BCUT2D eigenvalue weighted by Gasteiger charge is 2.22. The number of nitrogens with zero attached hydrogens (tertiary/aromatic N) is 4. The maximum absolute atomic E-state index is 6.08. The fourth-order valence-corrected chi connectivity index (χ4v) is 4.61. The van der Waals surface area contributed by atoms with Crippen LogP contribution in [0.25, 0.3) is 0 Å². The van der Waals surface area contributed by atoms with Crippen molar-refractivity contribution in [2.75, 3.05) is 32.8 Å². The molecule has 3 heterocycles. The standard InChI is InChI=1S/C23H34N4O2/c1-19-24-23(29-25-19)18-26-12-4-5-14-27-13-3-2-8-21(27)11-10-20-7-6-9-22(17-20)28-16-15-26/h6-7,9,17,21H,2-5,8,10-16,18H2,1H3. The molecule has 2 aliphatic rings. The number of rotatable bonds is 2. The minimum atomic E-state index is 0.672. The van der Waals surface area contributed by atoms with Crippen molar-refractivity contribution >= 4 is 0 Å². The summed E-state index contributed by atoms with van der Waals surface area (Å²) in [6.07, 6.45) is 8.89. The van der Waals surface area contributed by atoms with Crippen LogP contribution in [0.5, 0.6) is 5.75 Å². The molecule has 1 aromatic carbocycles. The Morgan fingerprint density at radius 2 is 1.90 bits per heavy atom. The van der Waals surface area contributed by atoms with Gasteiger partial charge < -0.3 is 14.2 Å². The van der Waals surface area contributed by atoms with Gasteiger partial charge in [-0.05, 0) is 82.8 Å². The zero-order chi connectivity index (χ0) is 19.9. The molecule has 2 aromatic rings. The van der Waals surface area contributed by atoms with E-state index in [2.05, 4.69) is 44.2 Å². The van der Waals surface area contributed by atoms with Gasteiger partial charge in [-0.25, -0.2) is 0 Å². The van der Waals surface area contributed by atoms with Crippen LogP contribution in [0.3, 0.4) is 0 Å². The zero-order valence-electron chi connectivity index (χ0n) is 17.7. The molecule has 1 unspecified atom stereocenters. The highest BCUT2D eigenvalue weighted by molar-refractivity contribution is 5.28. The molecule has 0 radical (unpaired) electrons. The lowest BCUT2D eigenvalue weighted by Crippen LogP contribution is -2.40. The molecule has 1 saturated heterocycles. The van der Waals surface area contributed by atoms with Crippen molar-refractivity contribution in [3.05, 3.63) is 41.5 Å². The topological polar surface area (TPSA) is 54.6 Å². The number of hydrogen-bond acceptors (Lipinski definition) is 6. The van der Waals surface area contributed by atoms with Crippen LogP contribution in [0, 0.1) is 6.92 Å². The fraction of sp³-hybridized carbons (Fsp3) is 0.652. The fourth-order valence-electron chi connectivity index (χ4n) is 4.61. The van der Waals surface area contributed by atoms with Gasteiger partial charge in [-0.15, -0.1) is 0 Å². The van der Waals surface area contributed by atoms with E-state index < -0.39 is 0 Å². The van der Waals surface area contributed by atoms with Gasteiger partial charge in [0.1, 0.15) is 12.4 Å². The number of aryl methyl sites for hydroxylation is 2. The van der Waals surface area contributed by atoms with Gasteiger partial charge in [0.25, 0.3) is 0 Å². The molecule has 2 aliphatic heterocycles. The molecule has 0 aliphatic carbocycles. The van der Waals surface area contributed by atoms with Crippen LogP contribution < -0.4 is 4.74 Å². The van der Waals surface area contributed by atoms with E-state index in [9.17, 15) is 0 Å². The molecule has 0 spiro atoms. The Labute approximate surface area is 174 Å². The zero-order valence-corrected chi connectivity index (χ0v) is 17.7. The Kier molecular flexibility index (Phi) is 7.17. The van der Waals surface area contributed by atoms with Crippen molar-refractivity contribution in [1.29, 1.82) is 0 Å². The minimum absolute atomic E-state index is 0.672. The van der Waals surface area contributed by atoms with Gasteiger partial charge in [0.15, 0.2) is 5.82 Å². The van der Waals surface area contributed by atoms with Gasteiger partial charge >= 0.3 is 0 Å². The summed E-state index contributed by atoms with van der Waals surface area (Å²) in [5.41, 5.74) is 1.39. The van der Waals surface area contributed by atoms with Crippen LogP contribution in [0.4, 0.5) is 0 Å². The Bertz CT molecular complexity index is 763. The minimum Gasteiger partial charge on any atom is -0.492 e. The average molecular weight is 399 g/mol. The summed E-state index contributed by atoms with van der Waals surface area (Å²) in [6.45, 7) is 7.60. The van der Waals surface area contributed by atoms with Crippen molar-refractivity contribution < 1.29 is 9.26 Å². The Morgan fingerprint density at radius 3 is 2.76 bits per heavy atom. The number of benzene rings is 1. The van der Waals surface area contributed by atoms with E-state index in [0.717, 1.165) is 31.3 Å². The maximum atomic E-state index is 6.08. The average Bonchev–Trinajstić information content (AvgIpc) is 3.14. The molecule has 6 heteroatoms. The predicted molar refractivity (Wildman–Crippen MR) is 113 cm³/mol. The number of ether oxygens (including phenoxy) is 1. The molecule has 29 heavy (non-hydrogen) atoms. The summed E-state index contributed by atoms with van der Waals surface area (Å²) in [4.78, 5) is 9.50. The van der Waals surface area contributed by atoms with Gasteiger partial charge in [-0.1, -0.05) is 23.7 Å². The van der Waals surface area contributed by atoms with Crippen molar-refractivity contribution in [2.24, 2.45) is 0 Å². The molecular formula is C23H34N4O2. The highest BCUT2D eigenvalue weighted by atomic mass is 16.5. The Morgan fingerprint density at radius 1 is 1.03 bits per heavy atom. The summed E-state index contributed by atoms with van der Waals surface area (Å²) >= 11 is 0. The van der Waals surface area contributed by atoms with Crippen LogP contribution in [0.15, 0.2) is 28.8 Å². The van der Waals surface area contributed by atoms with E-state index in [1.807, 2.05) is 6.92 Å². The van der Waals surface area contributed by atoms with Crippen LogP contribution in [-0.2, 0) is 13.0 Å². The first kappa shape index (κ1) is 20.4. The van der Waals surface area contributed by atoms with Gasteiger partial charge in [0, 0.05) is 12.6 Å². The van der Waals surface area contributed by atoms with Crippen molar-refractivity contribution in [1.82, 2.24) is 19.9 Å². The lowest BCUT2D eigenvalue weighted by atomic mass is 9.95. The quantitative estimate of drug-likeness (QED) is 0.766. The second-order valence-electron chi connectivity index (χ2n) is 8.44. The van der Waals surface area contributed by atoms with Gasteiger partial charge in [-0.2, -0.15) is 4.98 Å². The molecule has 1 atom stereocenters. The molecule has 0 N–H and O–H groups in total. The molecule has 2 bridgehead atoms. The Hall–Kier alpha value is -1.92. The summed E-state index contributed by atoms with van der Waals surface area (Å²) in [7, 11) is 0. The monoisotopic (exact) mass is 398 g/mol. The Balaban J connectivity index is 1.44.